The first-order valence-corrected chi connectivity index (χ1v) is 6.49. The molecule has 1 unspecified atom stereocenters. The summed E-state index contributed by atoms with van der Waals surface area (Å²) in [5, 5.41) is 3.08. The molecule has 0 aliphatic rings. The lowest BCUT2D eigenvalue weighted by molar-refractivity contribution is -0.117. The van der Waals surface area contributed by atoms with Crippen molar-refractivity contribution in [1.29, 1.82) is 0 Å². The van der Waals surface area contributed by atoms with Gasteiger partial charge in [-0.25, -0.2) is 0 Å². The maximum absolute atomic E-state index is 11.8. The van der Waals surface area contributed by atoms with E-state index in [1.54, 1.807) is 6.08 Å². The van der Waals surface area contributed by atoms with Gasteiger partial charge in [0.15, 0.2) is 0 Å². The van der Waals surface area contributed by atoms with Gasteiger partial charge in [-0.1, -0.05) is 49.8 Å². The van der Waals surface area contributed by atoms with Gasteiger partial charge in [0.05, 0.1) is 6.04 Å². The summed E-state index contributed by atoms with van der Waals surface area (Å²) in [6, 6.07) is 10.2. The minimum Gasteiger partial charge on any atom is -0.346 e. The molecule has 0 fully saturated rings. The van der Waals surface area contributed by atoms with E-state index in [0.29, 0.717) is 5.92 Å². The Balaban J connectivity index is 2.80. The summed E-state index contributed by atoms with van der Waals surface area (Å²) in [7, 11) is 0. The van der Waals surface area contributed by atoms with E-state index < -0.39 is 0 Å². The molecule has 0 aliphatic heterocycles. The molecule has 18 heavy (non-hydrogen) atoms. The fraction of sp³-hybridized carbons (Fsp3) is 0.438. The zero-order valence-electron chi connectivity index (χ0n) is 11.7. The number of hydrogen-bond acceptors (Lipinski definition) is 1. The molecule has 98 valence electrons. The first kappa shape index (κ1) is 14.5. The van der Waals surface area contributed by atoms with Crippen molar-refractivity contribution in [1.82, 2.24) is 5.32 Å². The van der Waals surface area contributed by atoms with Crippen molar-refractivity contribution < 1.29 is 4.79 Å². The van der Waals surface area contributed by atoms with Crippen LogP contribution in [0.3, 0.4) is 0 Å². The highest BCUT2D eigenvalue weighted by molar-refractivity contribution is 5.88. The molecule has 0 radical (unpaired) electrons. The van der Waals surface area contributed by atoms with Crippen LogP contribution in [0.1, 0.15) is 45.7 Å². The van der Waals surface area contributed by atoms with E-state index in [1.165, 1.54) is 5.56 Å². The third kappa shape index (κ3) is 5.17. The Morgan fingerprint density at radius 3 is 2.33 bits per heavy atom. The highest BCUT2D eigenvalue weighted by Gasteiger charge is 2.14. The molecule has 1 aromatic carbocycles. The van der Waals surface area contributed by atoms with E-state index in [4.69, 9.17) is 0 Å². The fourth-order valence-electron chi connectivity index (χ4n) is 1.91. The summed E-state index contributed by atoms with van der Waals surface area (Å²) in [4.78, 5) is 11.8. The van der Waals surface area contributed by atoms with Gasteiger partial charge in [-0.05, 0) is 31.7 Å². The highest BCUT2D eigenvalue weighted by atomic mass is 16.1. The lowest BCUT2D eigenvalue weighted by Gasteiger charge is -2.20. The molecule has 2 heteroatoms. The van der Waals surface area contributed by atoms with Crippen molar-refractivity contribution in [2.45, 2.75) is 40.2 Å². The quantitative estimate of drug-likeness (QED) is 0.784. The van der Waals surface area contributed by atoms with E-state index in [2.05, 4.69) is 31.3 Å². The van der Waals surface area contributed by atoms with E-state index in [9.17, 15) is 4.79 Å². The molecular formula is C16H23NO. The molecule has 1 N–H and O–H groups in total. The van der Waals surface area contributed by atoms with Crippen molar-refractivity contribution >= 4 is 5.91 Å². The Bertz CT molecular complexity index is 402. The topological polar surface area (TPSA) is 29.1 Å². The van der Waals surface area contributed by atoms with Crippen LogP contribution in [0.15, 0.2) is 42.0 Å². The van der Waals surface area contributed by atoms with Gasteiger partial charge in [0.25, 0.3) is 0 Å². The van der Waals surface area contributed by atoms with E-state index in [1.807, 2.05) is 32.0 Å². The van der Waals surface area contributed by atoms with Crippen LogP contribution < -0.4 is 5.32 Å². The van der Waals surface area contributed by atoms with Gasteiger partial charge in [-0.3, -0.25) is 4.79 Å². The summed E-state index contributed by atoms with van der Waals surface area (Å²) in [6.45, 7) is 8.20. The Hall–Kier alpha value is -1.57. The van der Waals surface area contributed by atoms with Gasteiger partial charge in [-0.2, -0.15) is 0 Å². The van der Waals surface area contributed by atoms with Gasteiger partial charge in [0.1, 0.15) is 0 Å². The summed E-state index contributed by atoms with van der Waals surface area (Å²) in [5.41, 5.74) is 2.19. The molecule has 0 aromatic heterocycles. The number of nitrogens with one attached hydrogen (secondary N) is 1. The number of carbonyl (C=O) groups is 1. The number of amides is 1. The minimum absolute atomic E-state index is 0.00972. The predicted molar refractivity (Wildman–Crippen MR) is 76.2 cm³/mol. The van der Waals surface area contributed by atoms with Gasteiger partial charge in [0.2, 0.25) is 5.91 Å². The summed E-state index contributed by atoms with van der Waals surface area (Å²) in [5.74, 6) is 0.534. The second-order valence-electron chi connectivity index (χ2n) is 5.32. The van der Waals surface area contributed by atoms with Crippen LogP contribution in [0, 0.1) is 5.92 Å². The smallest absolute Gasteiger partial charge is 0.244 e. The number of hydrogen-bond donors (Lipinski definition) is 1. The molecule has 0 spiro atoms. The average molecular weight is 245 g/mol. The van der Waals surface area contributed by atoms with Crippen molar-refractivity contribution in [2.75, 3.05) is 0 Å². The van der Waals surface area contributed by atoms with Gasteiger partial charge in [0, 0.05) is 6.08 Å². The monoisotopic (exact) mass is 245 g/mol. The van der Waals surface area contributed by atoms with Gasteiger partial charge < -0.3 is 5.32 Å². The first-order chi connectivity index (χ1) is 8.49. The van der Waals surface area contributed by atoms with E-state index in [0.717, 1.165) is 12.0 Å². The molecule has 2 nitrogen and oxygen atoms in total. The Labute approximate surface area is 110 Å². The molecular weight excluding hydrogens is 222 g/mol. The molecule has 0 heterocycles. The summed E-state index contributed by atoms with van der Waals surface area (Å²) < 4.78 is 0. The SMILES string of the molecule is CC(C)=CC(=O)NC(CC(C)C)c1ccccc1. The molecule has 0 saturated heterocycles. The third-order valence-corrected chi connectivity index (χ3v) is 2.65. The van der Waals surface area contributed by atoms with Crippen molar-refractivity contribution in [3.63, 3.8) is 0 Å². The van der Waals surface area contributed by atoms with Crippen LogP contribution in [-0.4, -0.2) is 5.91 Å². The molecule has 1 atom stereocenters. The van der Waals surface area contributed by atoms with Crippen LogP contribution >= 0.6 is 0 Å². The zero-order chi connectivity index (χ0) is 13.5. The zero-order valence-corrected chi connectivity index (χ0v) is 11.7. The standard InChI is InChI=1S/C16H23NO/c1-12(2)10-15(14-8-6-5-7-9-14)17-16(18)11-13(3)4/h5-9,11-12,15H,10H2,1-4H3,(H,17,18). The van der Waals surface area contributed by atoms with Crippen LogP contribution in [0.4, 0.5) is 0 Å². The summed E-state index contributed by atoms with van der Waals surface area (Å²) in [6.07, 6.45) is 2.60. The molecule has 1 amide bonds. The van der Waals surface area contributed by atoms with Crippen molar-refractivity contribution in [3.05, 3.63) is 47.5 Å². The molecule has 1 aromatic rings. The maximum Gasteiger partial charge on any atom is 0.244 e. The van der Waals surface area contributed by atoms with Crippen LogP contribution in [0.25, 0.3) is 0 Å². The second-order valence-corrected chi connectivity index (χ2v) is 5.32. The normalized spacial score (nSPS) is 12.1. The van der Waals surface area contributed by atoms with E-state index in [-0.39, 0.29) is 11.9 Å². The number of carbonyl (C=O) groups excluding carboxylic acids is 1. The highest BCUT2D eigenvalue weighted by Crippen LogP contribution is 2.21. The Morgan fingerprint density at radius 2 is 1.83 bits per heavy atom. The lowest BCUT2D eigenvalue weighted by Crippen LogP contribution is -2.28. The van der Waals surface area contributed by atoms with Crippen LogP contribution in [0.2, 0.25) is 0 Å². The summed E-state index contributed by atoms with van der Waals surface area (Å²) >= 11 is 0. The van der Waals surface area contributed by atoms with Crippen molar-refractivity contribution in [3.8, 4) is 0 Å². The van der Waals surface area contributed by atoms with Crippen LogP contribution in [0.5, 0.6) is 0 Å². The average Bonchev–Trinajstić information content (AvgIpc) is 2.27. The molecule has 1 rings (SSSR count). The fourth-order valence-corrected chi connectivity index (χ4v) is 1.91. The number of benzene rings is 1. The number of allylic oxidation sites excluding steroid dienone is 1. The lowest BCUT2D eigenvalue weighted by atomic mass is 9.97. The van der Waals surface area contributed by atoms with Gasteiger partial charge >= 0.3 is 0 Å². The van der Waals surface area contributed by atoms with Gasteiger partial charge in [-0.15, -0.1) is 0 Å². The molecule has 0 aliphatic carbocycles. The maximum atomic E-state index is 11.8. The predicted octanol–water partition coefficient (Wildman–Crippen LogP) is 3.86. The number of rotatable bonds is 5. The molecule has 0 bridgehead atoms. The largest absolute Gasteiger partial charge is 0.346 e. The first-order valence-electron chi connectivity index (χ1n) is 6.49. The Kier molecular flexibility index (Phi) is 5.63. The van der Waals surface area contributed by atoms with Crippen LogP contribution in [-0.2, 0) is 4.79 Å². The molecule has 0 saturated carbocycles. The second kappa shape index (κ2) is 7.00. The van der Waals surface area contributed by atoms with Crippen molar-refractivity contribution in [2.24, 2.45) is 5.92 Å². The van der Waals surface area contributed by atoms with E-state index >= 15 is 0 Å². The third-order valence-electron chi connectivity index (χ3n) is 2.65. The Morgan fingerprint density at radius 1 is 1.22 bits per heavy atom. The minimum atomic E-state index is -0.00972.